The molecule has 5 heteroatoms. The van der Waals surface area contributed by atoms with E-state index in [0.29, 0.717) is 11.1 Å². The van der Waals surface area contributed by atoms with E-state index in [1.54, 1.807) is 24.3 Å². The Morgan fingerprint density at radius 2 is 1.90 bits per heavy atom. The van der Waals surface area contributed by atoms with Gasteiger partial charge in [-0.05, 0) is 18.0 Å². The van der Waals surface area contributed by atoms with Crippen LogP contribution in [0.4, 0.5) is 4.39 Å². The summed E-state index contributed by atoms with van der Waals surface area (Å²) in [6, 6.07) is 10.6. The molecule has 2 aromatic rings. The number of halogens is 1. The van der Waals surface area contributed by atoms with Crippen LogP contribution in [-0.2, 0) is 0 Å². The molecule has 104 valence electrons. The molecule has 4 nitrogen and oxygen atoms in total. The van der Waals surface area contributed by atoms with Crippen molar-refractivity contribution in [3.05, 3.63) is 65.0 Å². The highest BCUT2D eigenvalue weighted by Gasteiger charge is 2.33. The van der Waals surface area contributed by atoms with E-state index in [-0.39, 0.29) is 23.0 Å². The van der Waals surface area contributed by atoms with Gasteiger partial charge in [-0.15, -0.1) is 0 Å². The second kappa shape index (κ2) is 4.89. The van der Waals surface area contributed by atoms with Crippen molar-refractivity contribution in [3.8, 4) is 11.5 Å². The molecular formula is C16H11FN2O2. The fraction of sp³-hybridized carbons (Fsp3) is 0.0625. The number of ether oxygens (including phenoxy) is 1. The Hall–Kier alpha value is -2.91. The van der Waals surface area contributed by atoms with E-state index in [0.717, 1.165) is 0 Å². The van der Waals surface area contributed by atoms with Gasteiger partial charge in [0.15, 0.2) is 0 Å². The SMILES string of the molecule is N=C=C1C(=N)Oc2cc(O)ccc2C1c1ccccc1F. The molecule has 1 aliphatic rings. The lowest BCUT2D eigenvalue weighted by Gasteiger charge is -2.27. The molecule has 0 bridgehead atoms. The van der Waals surface area contributed by atoms with E-state index in [1.807, 2.05) is 0 Å². The average molecular weight is 282 g/mol. The normalized spacial score (nSPS) is 16.9. The van der Waals surface area contributed by atoms with Crippen LogP contribution in [0.1, 0.15) is 17.0 Å². The Labute approximate surface area is 120 Å². The minimum absolute atomic E-state index is 0.00360. The van der Waals surface area contributed by atoms with Gasteiger partial charge in [0.2, 0.25) is 5.90 Å². The van der Waals surface area contributed by atoms with Crippen LogP contribution in [0.2, 0.25) is 0 Å². The maximum Gasteiger partial charge on any atom is 0.225 e. The van der Waals surface area contributed by atoms with Crippen molar-refractivity contribution in [2.24, 2.45) is 0 Å². The van der Waals surface area contributed by atoms with Crippen molar-refractivity contribution < 1.29 is 14.2 Å². The lowest BCUT2D eigenvalue weighted by Crippen LogP contribution is -2.25. The molecule has 1 atom stereocenters. The zero-order valence-corrected chi connectivity index (χ0v) is 10.9. The van der Waals surface area contributed by atoms with Gasteiger partial charge in [0.05, 0.1) is 11.5 Å². The van der Waals surface area contributed by atoms with Crippen molar-refractivity contribution in [1.82, 2.24) is 0 Å². The van der Waals surface area contributed by atoms with Gasteiger partial charge in [0.1, 0.15) is 17.3 Å². The van der Waals surface area contributed by atoms with Crippen molar-refractivity contribution in [2.75, 3.05) is 0 Å². The highest BCUT2D eigenvalue weighted by molar-refractivity contribution is 6.04. The smallest absolute Gasteiger partial charge is 0.225 e. The summed E-state index contributed by atoms with van der Waals surface area (Å²) < 4.78 is 19.4. The van der Waals surface area contributed by atoms with Gasteiger partial charge in [-0.3, -0.25) is 10.8 Å². The van der Waals surface area contributed by atoms with Crippen LogP contribution in [0.5, 0.6) is 11.5 Å². The second-order valence-electron chi connectivity index (χ2n) is 4.65. The lowest BCUT2D eigenvalue weighted by atomic mass is 9.83. The fourth-order valence-corrected chi connectivity index (χ4v) is 2.46. The number of aromatic hydroxyl groups is 1. The minimum Gasteiger partial charge on any atom is -0.508 e. The molecule has 0 radical (unpaired) electrons. The summed E-state index contributed by atoms with van der Waals surface area (Å²) in [4.78, 5) is 0. The lowest BCUT2D eigenvalue weighted by molar-refractivity contribution is 0.462. The average Bonchev–Trinajstić information content (AvgIpc) is 2.46. The summed E-state index contributed by atoms with van der Waals surface area (Å²) in [5, 5.41) is 24.8. The standard InChI is InChI=1S/C16H11FN2O2/c17-13-4-2-1-3-10(13)15-11-6-5-9(20)7-14(11)21-16(19)12(15)8-18/h1-7,15,18-20H. The van der Waals surface area contributed by atoms with E-state index >= 15 is 0 Å². The molecule has 0 aliphatic carbocycles. The largest absolute Gasteiger partial charge is 0.508 e. The monoisotopic (exact) mass is 282 g/mol. The maximum absolute atomic E-state index is 14.1. The molecule has 21 heavy (non-hydrogen) atoms. The summed E-state index contributed by atoms with van der Waals surface area (Å²) >= 11 is 0. The number of fused-ring (bicyclic) bond motifs is 1. The highest BCUT2D eigenvalue weighted by atomic mass is 19.1. The molecule has 1 aliphatic heterocycles. The van der Waals surface area contributed by atoms with Gasteiger partial charge in [0, 0.05) is 17.2 Å². The number of hydrogen-bond donors (Lipinski definition) is 3. The Morgan fingerprint density at radius 3 is 2.62 bits per heavy atom. The van der Waals surface area contributed by atoms with Gasteiger partial charge in [-0.2, -0.15) is 0 Å². The van der Waals surface area contributed by atoms with Gasteiger partial charge in [-0.1, -0.05) is 24.3 Å². The van der Waals surface area contributed by atoms with E-state index in [4.69, 9.17) is 15.6 Å². The molecule has 0 saturated carbocycles. The number of nitrogens with one attached hydrogen (secondary N) is 2. The first kappa shape index (κ1) is 13.1. The van der Waals surface area contributed by atoms with Gasteiger partial charge in [0.25, 0.3) is 0 Å². The number of hydrogen-bond acceptors (Lipinski definition) is 4. The molecule has 3 N–H and O–H groups in total. The molecular weight excluding hydrogens is 271 g/mol. The Balaban J connectivity index is 2.28. The van der Waals surface area contributed by atoms with Crippen LogP contribution in [0.15, 0.2) is 48.0 Å². The summed E-state index contributed by atoms with van der Waals surface area (Å²) in [6.07, 6.45) is 0. The van der Waals surface area contributed by atoms with Crippen LogP contribution >= 0.6 is 0 Å². The molecule has 0 spiro atoms. The quantitative estimate of drug-likeness (QED) is 0.702. The second-order valence-corrected chi connectivity index (χ2v) is 4.65. The molecule has 0 saturated heterocycles. The van der Waals surface area contributed by atoms with Crippen molar-refractivity contribution >= 4 is 11.8 Å². The van der Waals surface area contributed by atoms with E-state index < -0.39 is 11.7 Å². The number of benzene rings is 2. The van der Waals surface area contributed by atoms with E-state index in [1.165, 1.54) is 18.2 Å². The minimum atomic E-state index is -0.652. The molecule has 1 heterocycles. The van der Waals surface area contributed by atoms with Crippen LogP contribution in [-0.4, -0.2) is 16.9 Å². The highest BCUT2D eigenvalue weighted by Crippen LogP contribution is 2.42. The third-order valence-electron chi connectivity index (χ3n) is 3.40. The van der Waals surface area contributed by atoms with E-state index in [2.05, 4.69) is 5.87 Å². The number of rotatable bonds is 1. The molecule has 0 aromatic heterocycles. The Morgan fingerprint density at radius 1 is 1.14 bits per heavy atom. The predicted molar refractivity (Wildman–Crippen MR) is 75.9 cm³/mol. The van der Waals surface area contributed by atoms with Crippen molar-refractivity contribution in [3.63, 3.8) is 0 Å². The van der Waals surface area contributed by atoms with Crippen LogP contribution < -0.4 is 4.74 Å². The third-order valence-corrected chi connectivity index (χ3v) is 3.40. The van der Waals surface area contributed by atoms with Gasteiger partial charge in [-0.25, -0.2) is 4.39 Å². The summed E-state index contributed by atoms with van der Waals surface area (Å²) in [6.45, 7) is 0. The maximum atomic E-state index is 14.1. The summed E-state index contributed by atoms with van der Waals surface area (Å²) in [5.41, 5.74) is 1.08. The molecule has 3 rings (SSSR count). The number of phenolic OH excluding ortho intramolecular Hbond substituents is 1. The summed E-state index contributed by atoms with van der Waals surface area (Å²) in [5.74, 6) is 1.11. The molecule has 1 unspecified atom stereocenters. The first-order valence-corrected chi connectivity index (χ1v) is 6.25. The number of phenols is 1. The molecule has 0 fully saturated rings. The first-order chi connectivity index (χ1) is 10.1. The zero-order chi connectivity index (χ0) is 15.0. The van der Waals surface area contributed by atoms with Crippen molar-refractivity contribution in [1.29, 1.82) is 10.8 Å². The summed E-state index contributed by atoms with van der Waals surface area (Å²) in [7, 11) is 0. The Kier molecular flexibility index (Phi) is 3.05. The fourth-order valence-electron chi connectivity index (χ4n) is 2.46. The molecule has 2 aromatic carbocycles. The molecule has 0 amide bonds. The van der Waals surface area contributed by atoms with Gasteiger partial charge >= 0.3 is 0 Å². The third kappa shape index (κ3) is 2.10. The van der Waals surface area contributed by atoms with Gasteiger partial charge < -0.3 is 9.84 Å². The van der Waals surface area contributed by atoms with Crippen molar-refractivity contribution in [2.45, 2.75) is 5.92 Å². The topological polar surface area (TPSA) is 77.2 Å². The van der Waals surface area contributed by atoms with Crippen LogP contribution in [0.25, 0.3) is 0 Å². The first-order valence-electron chi connectivity index (χ1n) is 6.25. The Bertz CT molecular complexity index is 795. The van der Waals surface area contributed by atoms with Crippen LogP contribution in [0.3, 0.4) is 0 Å². The zero-order valence-electron chi connectivity index (χ0n) is 10.9. The predicted octanol–water partition coefficient (Wildman–Crippen LogP) is 3.21. The van der Waals surface area contributed by atoms with E-state index in [9.17, 15) is 9.50 Å². The van der Waals surface area contributed by atoms with Crippen LogP contribution in [0, 0.1) is 16.6 Å².